The van der Waals surface area contributed by atoms with Gasteiger partial charge in [0, 0.05) is 9.13 Å². The Morgan fingerprint density at radius 3 is 1.79 bits per heavy atom. The van der Waals surface area contributed by atoms with E-state index in [4.69, 9.17) is 5.73 Å². The van der Waals surface area contributed by atoms with Crippen molar-refractivity contribution in [2.24, 2.45) is 0 Å². The molecule has 24 heavy (non-hydrogen) atoms. The summed E-state index contributed by atoms with van der Waals surface area (Å²) in [5.41, 5.74) is -8.35. The van der Waals surface area contributed by atoms with Gasteiger partial charge in [0.1, 0.15) is 0 Å². The normalized spacial score (nSPS) is 17.5. The molecule has 0 aliphatic carbocycles. The zero-order valence-corrected chi connectivity index (χ0v) is 15.3. The van der Waals surface area contributed by atoms with Gasteiger partial charge in [-0.1, -0.05) is 0 Å². The maximum atomic E-state index is 14.2. The van der Waals surface area contributed by atoms with Crippen molar-refractivity contribution in [3.05, 3.63) is 21.3 Å². The van der Waals surface area contributed by atoms with E-state index in [1.165, 1.54) is 15.9 Å². The molecular weight excluding hydrogens is 560 g/mol. The molecule has 0 saturated heterocycles. The molecule has 0 radical (unpaired) electrons. The third-order valence-electron chi connectivity index (χ3n) is 2.68. The smallest absolute Gasteiger partial charge is 0.397 e. The highest BCUT2D eigenvalue weighted by molar-refractivity contribution is 14.1. The van der Waals surface area contributed by atoms with Crippen LogP contribution in [0.3, 0.4) is 0 Å². The van der Waals surface area contributed by atoms with Crippen molar-refractivity contribution in [3.8, 4) is 0 Å². The molecule has 1 rings (SSSR count). The Morgan fingerprint density at radius 2 is 1.46 bits per heavy atom. The van der Waals surface area contributed by atoms with Crippen LogP contribution in [0, 0.1) is 3.57 Å². The molecule has 1 aromatic carbocycles. The number of hydrogen-bond acceptors (Lipinski definition) is 2. The van der Waals surface area contributed by atoms with Crippen LogP contribution in [0.4, 0.5) is 45.2 Å². The molecule has 0 aliphatic heterocycles. The molecule has 0 aliphatic rings. The summed E-state index contributed by atoms with van der Waals surface area (Å²) in [5, 5.41) is 0. The standard InChI is InChI=1S/C10H4BrF9INOS/c11-8(13,14)7(12,9(15,16)17)3-1-4(21)6(22)5(2-3)24(23)10(18,19)20/h1-2H,22H2. The van der Waals surface area contributed by atoms with Gasteiger partial charge in [0.05, 0.1) is 10.6 Å². The Kier molecular flexibility index (Phi) is 5.88. The average Bonchev–Trinajstić information content (AvgIpc) is 2.36. The molecule has 0 fully saturated rings. The summed E-state index contributed by atoms with van der Waals surface area (Å²) in [6.45, 7) is 0. The predicted molar refractivity (Wildman–Crippen MR) is 78.7 cm³/mol. The molecule has 0 saturated carbocycles. The molecule has 138 valence electrons. The lowest BCUT2D eigenvalue weighted by molar-refractivity contribution is -0.282. The van der Waals surface area contributed by atoms with Crippen LogP contribution in [0.1, 0.15) is 5.56 Å². The van der Waals surface area contributed by atoms with Crippen molar-refractivity contribution < 1.29 is 43.7 Å². The van der Waals surface area contributed by atoms with E-state index in [2.05, 4.69) is 0 Å². The number of rotatable bonds is 3. The number of nitrogens with two attached hydrogens (primary N) is 1. The van der Waals surface area contributed by atoms with E-state index >= 15 is 0 Å². The summed E-state index contributed by atoms with van der Waals surface area (Å²) >= 11 is 2.37. The first-order valence-corrected chi connectivity index (χ1v) is 8.37. The number of alkyl halides is 10. The monoisotopic (exact) mass is 563 g/mol. The highest BCUT2D eigenvalue weighted by Crippen LogP contribution is 2.56. The molecule has 2 atom stereocenters. The van der Waals surface area contributed by atoms with Crippen LogP contribution in [-0.2, 0) is 16.5 Å². The van der Waals surface area contributed by atoms with Crippen molar-refractivity contribution in [3.63, 3.8) is 0 Å². The highest BCUT2D eigenvalue weighted by atomic mass is 127. The minimum Gasteiger partial charge on any atom is -0.397 e. The van der Waals surface area contributed by atoms with Crippen molar-refractivity contribution in [1.82, 2.24) is 0 Å². The van der Waals surface area contributed by atoms with E-state index in [9.17, 15) is 43.7 Å². The molecule has 2 unspecified atom stereocenters. The van der Waals surface area contributed by atoms with Crippen LogP contribution in [0.2, 0.25) is 0 Å². The van der Waals surface area contributed by atoms with E-state index in [1.54, 1.807) is 0 Å². The van der Waals surface area contributed by atoms with Gasteiger partial charge in [-0.25, -0.2) is 8.60 Å². The summed E-state index contributed by atoms with van der Waals surface area (Å²) in [7, 11) is -3.95. The summed E-state index contributed by atoms with van der Waals surface area (Å²) in [6, 6.07) is -0.0284. The lowest BCUT2D eigenvalue weighted by Gasteiger charge is -2.32. The Bertz CT molecular complexity index is 656. The fourth-order valence-corrected chi connectivity index (χ4v) is 3.61. The lowest BCUT2D eigenvalue weighted by atomic mass is 9.95. The van der Waals surface area contributed by atoms with Crippen LogP contribution in [0.25, 0.3) is 0 Å². The van der Waals surface area contributed by atoms with Gasteiger partial charge in [-0.15, -0.1) is 0 Å². The van der Waals surface area contributed by atoms with Crippen LogP contribution >= 0.6 is 38.5 Å². The summed E-state index contributed by atoms with van der Waals surface area (Å²) in [4.78, 5) is -6.67. The Labute approximate surface area is 152 Å². The SMILES string of the molecule is Nc1c(I)cc(C(F)(C(F)(F)F)C(F)(F)Br)cc1S(=O)C(F)(F)F. The van der Waals surface area contributed by atoms with Crippen LogP contribution in [0.15, 0.2) is 17.0 Å². The third kappa shape index (κ3) is 3.78. The quantitative estimate of drug-likeness (QED) is 0.237. The van der Waals surface area contributed by atoms with E-state index in [-0.39, 0.29) is 12.1 Å². The minimum atomic E-state index is -6.20. The van der Waals surface area contributed by atoms with Crippen molar-refractivity contribution in [2.75, 3.05) is 5.73 Å². The Morgan fingerprint density at radius 1 is 1.00 bits per heavy atom. The second-order valence-corrected chi connectivity index (χ2v) is 7.84. The minimum absolute atomic E-state index is 0.204. The number of hydrogen-bond donors (Lipinski definition) is 1. The molecule has 0 aromatic heterocycles. The Hall–Kier alpha value is -0.250. The molecule has 0 heterocycles. The van der Waals surface area contributed by atoms with Gasteiger partial charge < -0.3 is 5.73 Å². The topological polar surface area (TPSA) is 43.1 Å². The van der Waals surface area contributed by atoms with E-state index in [0.29, 0.717) is 0 Å². The highest BCUT2D eigenvalue weighted by Gasteiger charge is 2.71. The number of halogens is 11. The van der Waals surface area contributed by atoms with E-state index < -0.39 is 52.7 Å². The molecule has 0 bridgehead atoms. The van der Waals surface area contributed by atoms with Gasteiger partial charge in [-0.3, -0.25) is 0 Å². The number of anilines is 1. The van der Waals surface area contributed by atoms with Gasteiger partial charge in [0.2, 0.25) is 0 Å². The molecule has 2 nitrogen and oxygen atoms in total. The second kappa shape index (κ2) is 6.48. The van der Waals surface area contributed by atoms with Crippen molar-refractivity contribution >= 4 is 55.0 Å². The van der Waals surface area contributed by atoms with Crippen LogP contribution in [0.5, 0.6) is 0 Å². The maximum Gasteiger partial charge on any atom is 0.475 e. The summed E-state index contributed by atoms with van der Waals surface area (Å²) < 4.78 is 128. The van der Waals surface area contributed by atoms with Crippen molar-refractivity contribution in [2.45, 2.75) is 27.1 Å². The van der Waals surface area contributed by atoms with Crippen molar-refractivity contribution in [1.29, 1.82) is 0 Å². The molecular formula is C10H4BrF9INOS. The van der Waals surface area contributed by atoms with Crippen LogP contribution in [-0.4, -0.2) is 20.7 Å². The number of nitrogen functional groups attached to an aromatic ring is 1. The Balaban J connectivity index is 3.79. The second-order valence-electron chi connectivity index (χ2n) is 4.24. The maximum absolute atomic E-state index is 14.2. The zero-order chi connectivity index (χ0) is 19.3. The molecule has 0 spiro atoms. The third-order valence-corrected chi connectivity index (χ3v) is 5.28. The summed E-state index contributed by atoms with van der Waals surface area (Å²) in [5.74, 6) is 0. The lowest BCUT2D eigenvalue weighted by Crippen LogP contribution is -2.49. The molecule has 1 aromatic rings. The molecule has 2 N–H and O–H groups in total. The fraction of sp³-hybridized carbons (Fsp3) is 0.400. The fourth-order valence-electron chi connectivity index (χ4n) is 1.56. The first kappa shape index (κ1) is 21.8. The van der Waals surface area contributed by atoms with Gasteiger partial charge in [0.15, 0.2) is 10.8 Å². The summed E-state index contributed by atoms with van der Waals surface area (Å²) in [6.07, 6.45) is -6.20. The number of benzene rings is 1. The van der Waals surface area contributed by atoms with E-state index in [0.717, 1.165) is 22.6 Å². The van der Waals surface area contributed by atoms with E-state index in [1.807, 2.05) is 0 Å². The van der Waals surface area contributed by atoms with Gasteiger partial charge >= 0.3 is 22.2 Å². The first-order valence-electron chi connectivity index (χ1n) is 5.35. The largest absolute Gasteiger partial charge is 0.475 e. The average molecular weight is 564 g/mol. The molecule has 14 heteroatoms. The zero-order valence-electron chi connectivity index (χ0n) is 10.7. The van der Waals surface area contributed by atoms with Gasteiger partial charge in [0.25, 0.3) is 0 Å². The predicted octanol–water partition coefficient (Wildman–Crippen LogP) is 5.22. The van der Waals surface area contributed by atoms with Gasteiger partial charge in [-0.2, -0.15) is 35.1 Å². The molecule has 0 amide bonds. The first-order chi connectivity index (χ1) is 10.4. The van der Waals surface area contributed by atoms with Crippen LogP contribution < -0.4 is 5.73 Å². The van der Waals surface area contributed by atoms with Gasteiger partial charge in [-0.05, 0) is 50.7 Å².